The molecule has 0 fully saturated rings. The summed E-state index contributed by atoms with van der Waals surface area (Å²) in [6.45, 7) is 2.13. The third-order valence-corrected chi connectivity index (χ3v) is 0.676. The van der Waals surface area contributed by atoms with Gasteiger partial charge >= 0.3 is 0 Å². The van der Waals surface area contributed by atoms with Crippen LogP contribution in [-0.2, 0) is 0 Å². The second-order valence-corrected chi connectivity index (χ2v) is 1.34. The second-order valence-electron chi connectivity index (χ2n) is 0.971. The van der Waals surface area contributed by atoms with Crippen molar-refractivity contribution >= 4 is 12.6 Å². The molecular weight excluding hydrogens is 80.1 g/mol. The molecule has 32 valence electrons. The maximum Gasteiger partial charge on any atom is -0.0678 e. The molecule has 0 saturated heterocycles. The summed E-state index contributed by atoms with van der Waals surface area (Å²) in [4.78, 5) is 0. The van der Waals surface area contributed by atoms with Gasteiger partial charge in [0.1, 0.15) is 0 Å². The molecule has 0 heterocycles. The van der Waals surface area contributed by atoms with Crippen LogP contribution in [-0.4, -0.2) is 0 Å². The molecule has 0 bridgehead atoms. The van der Waals surface area contributed by atoms with E-state index in [2.05, 4.69) is 19.6 Å². The van der Waals surface area contributed by atoms with E-state index < -0.39 is 0 Å². The van der Waals surface area contributed by atoms with E-state index in [0.29, 0.717) is 0 Å². The maximum absolute atomic E-state index is 3.88. The van der Waals surface area contributed by atoms with Crippen molar-refractivity contribution < 1.29 is 0 Å². The molecule has 0 saturated carbocycles. The molecule has 0 spiro atoms. The highest BCUT2D eigenvalue weighted by Crippen LogP contribution is 1.92. The van der Waals surface area contributed by atoms with Crippen LogP contribution in [0.5, 0.6) is 0 Å². The minimum Gasteiger partial charge on any atom is -0.369 e. The molecular formula is C4H9S-. The van der Waals surface area contributed by atoms with Gasteiger partial charge in [-0.3, -0.25) is 5.75 Å². The Labute approximate surface area is 39.0 Å². The lowest BCUT2D eigenvalue weighted by Crippen LogP contribution is -1.57. The van der Waals surface area contributed by atoms with E-state index in [4.69, 9.17) is 0 Å². The second kappa shape index (κ2) is 4.35. The highest BCUT2D eigenvalue weighted by molar-refractivity contribution is 7.82. The zero-order chi connectivity index (χ0) is 4.12. The van der Waals surface area contributed by atoms with Crippen LogP contribution in [0.1, 0.15) is 19.8 Å². The van der Waals surface area contributed by atoms with Crippen molar-refractivity contribution in [3.63, 3.8) is 0 Å². The van der Waals surface area contributed by atoms with Gasteiger partial charge in [0.05, 0.1) is 0 Å². The molecule has 0 aliphatic rings. The summed E-state index contributed by atoms with van der Waals surface area (Å²) < 4.78 is 0. The molecule has 0 aliphatic heterocycles. The summed E-state index contributed by atoms with van der Waals surface area (Å²) in [5.74, 6) is 1.88. The monoisotopic (exact) mass is 89.0 g/mol. The van der Waals surface area contributed by atoms with E-state index >= 15 is 0 Å². The van der Waals surface area contributed by atoms with Crippen molar-refractivity contribution in [2.45, 2.75) is 19.8 Å². The van der Waals surface area contributed by atoms with Gasteiger partial charge in [-0.1, -0.05) is 13.3 Å². The van der Waals surface area contributed by atoms with Crippen molar-refractivity contribution in [2.24, 2.45) is 0 Å². The largest absolute Gasteiger partial charge is 0.369 e. The first-order chi connectivity index (χ1) is 2.41. The highest BCUT2D eigenvalue weighted by atomic mass is 32.1. The molecule has 1 heteroatoms. The van der Waals surface area contributed by atoms with Gasteiger partial charge < -0.3 is 12.6 Å². The molecule has 0 aromatic rings. The number of unbranched alkanes of at least 4 members (excludes halogenated alkanes) is 1. The summed E-state index contributed by atoms with van der Waals surface area (Å²) in [7, 11) is 0. The van der Waals surface area contributed by atoms with E-state index in [1.807, 2.05) is 5.75 Å². The molecule has 0 rings (SSSR count). The Morgan fingerprint density at radius 2 is 2.40 bits per heavy atom. The molecule has 0 N–H and O–H groups in total. The first-order valence-electron chi connectivity index (χ1n) is 1.87. The summed E-state index contributed by atoms with van der Waals surface area (Å²) in [6, 6.07) is 0. The maximum atomic E-state index is 3.88. The van der Waals surface area contributed by atoms with Gasteiger partial charge in [0.25, 0.3) is 0 Å². The average molecular weight is 89.2 g/mol. The third-order valence-electron chi connectivity index (χ3n) is 0.418. The smallest absolute Gasteiger partial charge is 0.0678 e. The molecule has 0 nitrogen and oxygen atoms in total. The first-order valence-corrected chi connectivity index (χ1v) is 2.39. The lowest BCUT2D eigenvalue weighted by molar-refractivity contribution is 0.946. The normalized spacial score (nSPS) is 8.40. The van der Waals surface area contributed by atoms with E-state index in [9.17, 15) is 0 Å². The van der Waals surface area contributed by atoms with Gasteiger partial charge in [-0.25, -0.2) is 0 Å². The molecule has 0 radical (unpaired) electrons. The SMILES string of the molecule is CCC[CH-]S. The van der Waals surface area contributed by atoms with Crippen LogP contribution in [0.3, 0.4) is 0 Å². The number of hydrogen-bond donors (Lipinski definition) is 1. The van der Waals surface area contributed by atoms with Crippen LogP contribution in [0.15, 0.2) is 0 Å². The standard InChI is InChI=1S/C4H9S/c1-2-3-4-5/h4-5H,2-3H2,1H3/q-1. The first kappa shape index (κ1) is 5.35. The van der Waals surface area contributed by atoms with Crippen molar-refractivity contribution in [1.82, 2.24) is 0 Å². The van der Waals surface area contributed by atoms with Crippen LogP contribution in [0.2, 0.25) is 0 Å². The molecule has 0 aromatic heterocycles. The van der Waals surface area contributed by atoms with Crippen molar-refractivity contribution in [2.75, 3.05) is 0 Å². The summed E-state index contributed by atoms with van der Waals surface area (Å²) in [6.07, 6.45) is 2.34. The minimum absolute atomic E-state index is 1.13. The highest BCUT2D eigenvalue weighted by Gasteiger charge is 1.56. The Morgan fingerprint density at radius 3 is 2.40 bits per heavy atom. The number of rotatable bonds is 2. The fourth-order valence-electron chi connectivity index (χ4n) is 0.129. The van der Waals surface area contributed by atoms with Crippen molar-refractivity contribution in [3.8, 4) is 0 Å². The Morgan fingerprint density at radius 1 is 1.80 bits per heavy atom. The van der Waals surface area contributed by atoms with E-state index in [1.54, 1.807) is 0 Å². The zero-order valence-corrected chi connectivity index (χ0v) is 4.33. The van der Waals surface area contributed by atoms with E-state index in [-0.39, 0.29) is 0 Å². The van der Waals surface area contributed by atoms with Gasteiger partial charge in [-0.15, -0.1) is 0 Å². The molecule has 0 amide bonds. The molecule has 0 atom stereocenters. The number of thiol groups is 1. The van der Waals surface area contributed by atoms with Crippen LogP contribution >= 0.6 is 12.6 Å². The van der Waals surface area contributed by atoms with Crippen LogP contribution in [0, 0.1) is 5.75 Å². The summed E-state index contributed by atoms with van der Waals surface area (Å²) in [5.41, 5.74) is 0. The summed E-state index contributed by atoms with van der Waals surface area (Å²) in [5, 5.41) is 0. The molecule has 0 aliphatic carbocycles. The lowest BCUT2D eigenvalue weighted by atomic mass is 10.4. The zero-order valence-electron chi connectivity index (χ0n) is 3.44. The quantitative estimate of drug-likeness (QED) is 0.387. The van der Waals surface area contributed by atoms with Crippen LogP contribution in [0.25, 0.3) is 0 Å². The van der Waals surface area contributed by atoms with Gasteiger partial charge in [-0.05, 0) is 0 Å². The topological polar surface area (TPSA) is 0 Å². The Bertz CT molecular complexity index is 11.1. The van der Waals surface area contributed by atoms with E-state index in [1.165, 1.54) is 6.42 Å². The fraction of sp³-hybridized carbons (Fsp3) is 0.750. The Hall–Kier alpha value is 0.350. The van der Waals surface area contributed by atoms with Gasteiger partial charge in [0.2, 0.25) is 0 Å². The van der Waals surface area contributed by atoms with Gasteiger partial charge in [0.15, 0.2) is 0 Å². The third kappa shape index (κ3) is 4.35. The molecule has 5 heavy (non-hydrogen) atoms. The fourth-order valence-corrected chi connectivity index (χ4v) is 0.387. The Kier molecular flexibility index (Phi) is 4.65. The lowest BCUT2D eigenvalue weighted by Gasteiger charge is -1.93. The molecule has 0 unspecified atom stereocenters. The van der Waals surface area contributed by atoms with Crippen molar-refractivity contribution in [1.29, 1.82) is 0 Å². The molecule has 0 aromatic carbocycles. The van der Waals surface area contributed by atoms with Crippen molar-refractivity contribution in [3.05, 3.63) is 5.75 Å². The minimum atomic E-state index is 1.13. The van der Waals surface area contributed by atoms with Gasteiger partial charge in [0, 0.05) is 0 Å². The van der Waals surface area contributed by atoms with Crippen LogP contribution in [0.4, 0.5) is 0 Å². The number of hydrogen-bond acceptors (Lipinski definition) is 1. The van der Waals surface area contributed by atoms with E-state index in [0.717, 1.165) is 6.42 Å². The summed E-state index contributed by atoms with van der Waals surface area (Å²) >= 11 is 3.88. The van der Waals surface area contributed by atoms with Gasteiger partial charge in [-0.2, -0.15) is 6.42 Å². The predicted molar refractivity (Wildman–Crippen MR) is 28.2 cm³/mol. The Balaban J connectivity index is 2.19. The average Bonchev–Trinajstić information content (AvgIpc) is 1.41. The van der Waals surface area contributed by atoms with Crippen LogP contribution < -0.4 is 0 Å². The predicted octanol–water partition coefficient (Wildman–Crippen LogP) is 1.88.